The van der Waals surface area contributed by atoms with Crippen LogP contribution in [0.4, 0.5) is 18.9 Å². The third-order valence-corrected chi connectivity index (χ3v) is 5.33. The van der Waals surface area contributed by atoms with Gasteiger partial charge in [-0.25, -0.2) is 0 Å². The number of rotatable bonds is 5. The van der Waals surface area contributed by atoms with Crippen molar-refractivity contribution in [2.75, 3.05) is 11.9 Å². The lowest BCUT2D eigenvalue weighted by Gasteiger charge is -2.22. The molecular formula is C16H17Cl2F3N2O2. The zero-order valence-electron chi connectivity index (χ0n) is 13.6. The Morgan fingerprint density at radius 1 is 1.32 bits per heavy atom. The average molecular weight is 397 g/mol. The summed E-state index contributed by atoms with van der Waals surface area (Å²) in [5, 5.41) is 2.66. The molecule has 0 radical (unpaired) electrons. The lowest BCUT2D eigenvalue weighted by molar-refractivity contribution is -0.185. The van der Waals surface area contributed by atoms with E-state index in [9.17, 15) is 22.8 Å². The predicted octanol–water partition coefficient (Wildman–Crippen LogP) is 4.12. The van der Waals surface area contributed by atoms with E-state index in [-0.39, 0.29) is 19.0 Å². The maximum Gasteiger partial charge on any atom is 0.471 e. The molecule has 1 aromatic carbocycles. The van der Waals surface area contributed by atoms with Gasteiger partial charge in [0.1, 0.15) is 4.33 Å². The van der Waals surface area contributed by atoms with Crippen LogP contribution in [-0.4, -0.2) is 33.8 Å². The summed E-state index contributed by atoms with van der Waals surface area (Å²) in [6.45, 7) is 2.79. The summed E-state index contributed by atoms with van der Waals surface area (Å²) in [5.41, 5.74) is -0.0511. The number of amides is 2. The van der Waals surface area contributed by atoms with E-state index < -0.39 is 21.8 Å². The van der Waals surface area contributed by atoms with Gasteiger partial charge >= 0.3 is 12.1 Å². The third-order valence-electron chi connectivity index (χ3n) is 4.23. The molecule has 0 aromatic heterocycles. The first-order valence-electron chi connectivity index (χ1n) is 7.55. The fraction of sp³-hybridized carbons (Fsp3) is 0.500. The van der Waals surface area contributed by atoms with Crippen LogP contribution in [0.25, 0.3) is 0 Å². The van der Waals surface area contributed by atoms with Crippen molar-refractivity contribution in [3.05, 3.63) is 29.8 Å². The van der Waals surface area contributed by atoms with Crippen molar-refractivity contribution in [3.63, 3.8) is 0 Å². The van der Waals surface area contributed by atoms with E-state index >= 15 is 0 Å². The molecule has 0 spiro atoms. The van der Waals surface area contributed by atoms with Crippen molar-refractivity contribution >= 4 is 40.7 Å². The minimum Gasteiger partial charge on any atom is -0.331 e. The minimum atomic E-state index is -4.92. The molecular weight excluding hydrogens is 380 g/mol. The van der Waals surface area contributed by atoms with Gasteiger partial charge in [0.2, 0.25) is 5.91 Å². The second-order valence-electron chi connectivity index (χ2n) is 6.18. The number of carbonyl (C=O) groups is 2. The topological polar surface area (TPSA) is 49.4 Å². The Morgan fingerprint density at radius 3 is 2.40 bits per heavy atom. The van der Waals surface area contributed by atoms with Crippen molar-refractivity contribution in [2.24, 2.45) is 5.41 Å². The molecule has 9 heteroatoms. The van der Waals surface area contributed by atoms with E-state index in [0.717, 1.165) is 0 Å². The number of nitrogens with one attached hydrogen (secondary N) is 1. The highest BCUT2D eigenvalue weighted by atomic mass is 35.5. The third kappa shape index (κ3) is 4.20. The number of nitrogens with zero attached hydrogens (tertiary/aromatic N) is 1. The number of carbonyl (C=O) groups excluding carboxylic acids is 2. The molecule has 1 unspecified atom stereocenters. The van der Waals surface area contributed by atoms with E-state index in [1.807, 2.05) is 0 Å². The molecule has 0 heterocycles. The van der Waals surface area contributed by atoms with Crippen LogP contribution in [0.2, 0.25) is 0 Å². The minimum absolute atomic E-state index is 0.0893. The van der Waals surface area contributed by atoms with Crippen molar-refractivity contribution in [3.8, 4) is 0 Å². The summed E-state index contributed by atoms with van der Waals surface area (Å²) in [5.74, 6) is -2.27. The normalized spacial score (nSPS) is 21.6. The van der Waals surface area contributed by atoms with Crippen LogP contribution in [0.5, 0.6) is 0 Å². The van der Waals surface area contributed by atoms with Gasteiger partial charge < -0.3 is 10.2 Å². The van der Waals surface area contributed by atoms with Crippen LogP contribution in [0.15, 0.2) is 24.3 Å². The Balaban J connectivity index is 2.09. The highest BCUT2D eigenvalue weighted by Crippen LogP contribution is 2.64. The van der Waals surface area contributed by atoms with Gasteiger partial charge in [-0.2, -0.15) is 13.2 Å². The average Bonchev–Trinajstić information content (AvgIpc) is 3.03. The van der Waals surface area contributed by atoms with Crippen LogP contribution < -0.4 is 5.32 Å². The summed E-state index contributed by atoms with van der Waals surface area (Å²) in [6, 6.07) is 6.27. The maximum absolute atomic E-state index is 12.6. The zero-order valence-corrected chi connectivity index (χ0v) is 15.1. The molecule has 0 saturated heterocycles. The van der Waals surface area contributed by atoms with Crippen LogP contribution in [0.1, 0.15) is 25.8 Å². The van der Waals surface area contributed by atoms with E-state index in [1.54, 1.807) is 25.1 Å². The monoisotopic (exact) mass is 396 g/mol. The summed E-state index contributed by atoms with van der Waals surface area (Å²) < 4.78 is 36.6. The molecule has 1 atom stereocenters. The van der Waals surface area contributed by atoms with Crippen LogP contribution in [0.3, 0.4) is 0 Å². The molecule has 1 fully saturated rings. The lowest BCUT2D eigenvalue weighted by atomic mass is 10.1. The van der Waals surface area contributed by atoms with Gasteiger partial charge in [0.25, 0.3) is 0 Å². The standard InChI is InChI=1S/C16H17Cl2F3N2O2/c1-3-23(13(25)16(19,20)21)8-10-5-4-6-11(7-10)22-12(24)14(2)9-15(14,17)18/h4-7H,3,8-9H2,1-2H3,(H,22,24). The Labute approximate surface area is 153 Å². The predicted molar refractivity (Wildman–Crippen MR) is 89.4 cm³/mol. The molecule has 0 bridgehead atoms. The molecule has 138 valence electrons. The first kappa shape index (κ1) is 19.8. The van der Waals surface area contributed by atoms with Gasteiger partial charge in [-0.05, 0) is 38.0 Å². The first-order chi connectivity index (χ1) is 11.4. The number of hydrogen-bond acceptors (Lipinski definition) is 2. The van der Waals surface area contributed by atoms with Crippen LogP contribution in [-0.2, 0) is 16.1 Å². The Morgan fingerprint density at radius 2 is 1.92 bits per heavy atom. The van der Waals surface area contributed by atoms with E-state index in [2.05, 4.69) is 5.32 Å². The van der Waals surface area contributed by atoms with Gasteiger partial charge in [0, 0.05) is 18.8 Å². The SMILES string of the molecule is CCN(Cc1cccc(NC(=O)C2(C)CC2(Cl)Cl)c1)C(=O)C(F)(F)F. The lowest BCUT2D eigenvalue weighted by Crippen LogP contribution is -2.40. The van der Waals surface area contributed by atoms with E-state index in [4.69, 9.17) is 23.2 Å². The van der Waals surface area contributed by atoms with Crippen LogP contribution >= 0.6 is 23.2 Å². The molecule has 2 amide bonds. The fourth-order valence-electron chi connectivity index (χ4n) is 2.39. The largest absolute Gasteiger partial charge is 0.471 e. The summed E-state index contributed by atoms with van der Waals surface area (Å²) >= 11 is 11.9. The van der Waals surface area contributed by atoms with Crippen LogP contribution in [0, 0.1) is 5.41 Å². The van der Waals surface area contributed by atoms with Gasteiger partial charge in [0.15, 0.2) is 0 Å². The van der Waals surface area contributed by atoms with Crippen molar-refractivity contribution in [2.45, 2.75) is 37.3 Å². The fourth-order valence-corrected chi connectivity index (χ4v) is 3.10. The molecule has 1 N–H and O–H groups in total. The number of hydrogen-bond donors (Lipinski definition) is 1. The van der Waals surface area contributed by atoms with Gasteiger partial charge in [0.05, 0.1) is 5.41 Å². The molecule has 1 aliphatic carbocycles. The van der Waals surface area contributed by atoms with E-state index in [0.29, 0.717) is 22.6 Å². The highest BCUT2D eigenvalue weighted by Gasteiger charge is 2.67. The highest BCUT2D eigenvalue weighted by molar-refractivity contribution is 6.53. The molecule has 2 rings (SSSR count). The summed E-state index contributed by atoms with van der Waals surface area (Å²) in [4.78, 5) is 24.3. The molecule has 4 nitrogen and oxygen atoms in total. The molecule has 25 heavy (non-hydrogen) atoms. The molecule has 1 aliphatic rings. The molecule has 1 saturated carbocycles. The molecule has 1 aromatic rings. The Kier molecular flexibility index (Phi) is 5.31. The van der Waals surface area contributed by atoms with Gasteiger partial charge in [-0.1, -0.05) is 12.1 Å². The number of anilines is 1. The second kappa shape index (κ2) is 6.68. The summed E-state index contributed by atoms with van der Waals surface area (Å²) in [6.07, 6.45) is -4.61. The number of alkyl halides is 5. The van der Waals surface area contributed by atoms with E-state index in [1.165, 1.54) is 13.0 Å². The quantitative estimate of drug-likeness (QED) is 0.760. The van der Waals surface area contributed by atoms with Gasteiger partial charge in [-0.15, -0.1) is 23.2 Å². The van der Waals surface area contributed by atoms with Crippen molar-refractivity contribution in [1.29, 1.82) is 0 Å². The second-order valence-corrected chi connectivity index (χ2v) is 7.67. The van der Waals surface area contributed by atoms with Crippen molar-refractivity contribution < 1.29 is 22.8 Å². The smallest absolute Gasteiger partial charge is 0.331 e. The maximum atomic E-state index is 12.6. The van der Waals surface area contributed by atoms with Crippen molar-refractivity contribution in [1.82, 2.24) is 4.90 Å². The number of benzene rings is 1. The Hall–Kier alpha value is -1.47. The van der Waals surface area contributed by atoms with Gasteiger partial charge in [-0.3, -0.25) is 9.59 Å². The number of halogens is 5. The first-order valence-corrected chi connectivity index (χ1v) is 8.30. The zero-order chi connectivity index (χ0) is 19.0. The Bertz CT molecular complexity index is 694. The summed E-state index contributed by atoms with van der Waals surface area (Å²) in [7, 11) is 0. The molecule has 0 aliphatic heterocycles.